The van der Waals surface area contributed by atoms with Crippen molar-refractivity contribution in [3.63, 3.8) is 0 Å². The van der Waals surface area contributed by atoms with Crippen LogP contribution < -0.4 is 10.6 Å². The van der Waals surface area contributed by atoms with Gasteiger partial charge in [0.15, 0.2) is 0 Å². The van der Waals surface area contributed by atoms with Crippen molar-refractivity contribution in [1.82, 2.24) is 10.2 Å². The van der Waals surface area contributed by atoms with Crippen molar-refractivity contribution in [2.45, 2.75) is 59.0 Å². The molecule has 0 aliphatic heterocycles. The summed E-state index contributed by atoms with van der Waals surface area (Å²) >= 11 is 0. The van der Waals surface area contributed by atoms with Crippen molar-refractivity contribution in [2.24, 2.45) is 11.8 Å². The molecule has 1 aromatic rings. The van der Waals surface area contributed by atoms with Crippen molar-refractivity contribution in [1.29, 1.82) is 0 Å². The van der Waals surface area contributed by atoms with Crippen molar-refractivity contribution in [3.05, 3.63) is 29.8 Å². The Morgan fingerprint density at radius 2 is 1.85 bits per heavy atom. The van der Waals surface area contributed by atoms with Crippen LogP contribution in [0.4, 0.5) is 5.69 Å². The molecular formula is C21H33N3O2. The molecule has 0 spiro atoms. The predicted molar refractivity (Wildman–Crippen MR) is 106 cm³/mol. The second-order valence-electron chi connectivity index (χ2n) is 7.89. The van der Waals surface area contributed by atoms with E-state index in [-0.39, 0.29) is 30.4 Å². The van der Waals surface area contributed by atoms with Crippen LogP contribution in [-0.2, 0) is 9.59 Å². The van der Waals surface area contributed by atoms with Gasteiger partial charge in [-0.2, -0.15) is 0 Å². The summed E-state index contributed by atoms with van der Waals surface area (Å²) in [5, 5.41) is 6.07. The summed E-state index contributed by atoms with van der Waals surface area (Å²) in [7, 11) is 1.81. The highest BCUT2D eigenvalue weighted by Gasteiger charge is 2.30. The SMILES string of the molecule is Cc1ccc(NC(=O)CN(C)C(C)C(=O)NC2CCCC(C)C2C)cc1. The van der Waals surface area contributed by atoms with E-state index in [1.165, 1.54) is 12.8 Å². The van der Waals surface area contributed by atoms with Crippen molar-refractivity contribution >= 4 is 17.5 Å². The minimum Gasteiger partial charge on any atom is -0.352 e. The number of rotatable bonds is 6. The lowest BCUT2D eigenvalue weighted by molar-refractivity contribution is -0.127. The number of likely N-dealkylation sites (N-methyl/N-ethyl adjacent to an activating group) is 1. The quantitative estimate of drug-likeness (QED) is 0.820. The highest BCUT2D eigenvalue weighted by molar-refractivity contribution is 5.92. The van der Waals surface area contributed by atoms with Crippen LogP contribution in [-0.4, -0.2) is 42.4 Å². The fourth-order valence-electron chi connectivity index (χ4n) is 3.49. The highest BCUT2D eigenvalue weighted by atomic mass is 16.2. The maximum Gasteiger partial charge on any atom is 0.238 e. The number of amides is 2. The Balaban J connectivity index is 1.83. The third-order valence-electron chi connectivity index (χ3n) is 5.80. The standard InChI is InChI=1S/C21H33N3O2/c1-14-9-11-18(12-10-14)22-20(25)13-24(5)17(4)21(26)23-19-8-6-7-15(2)16(19)3/h9-12,15-17,19H,6-8,13H2,1-5H3,(H,22,25)(H,23,26). The Kier molecular flexibility index (Phi) is 7.21. The van der Waals surface area contributed by atoms with Crippen LogP contribution in [0.5, 0.6) is 0 Å². The van der Waals surface area contributed by atoms with Crippen molar-refractivity contribution in [2.75, 3.05) is 18.9 Å². The maximum atomic E-state index is 12.6. The Labute approximate surface area is 157 Å². The van der Waals surface area contributed by atoms with Gasteiger partial charge in [0.25, 0.3) is 0 Å². The number of hydrogen-bond donors (Lipinski definition) is 2. The van der Waals surface area contributed by atoms with Gasteiger partial charge in [0.1, 0.15) is 0 Å². The Morgan fingerprint density at radius 3 is 2.50 bits per heavy atom. The zero-order chi connectivity index (χ0) is 19.3. The van der Waals surface area contributed by atoms with Crippen LogP contribution in [0.2, 0.25) is 0 Å². The van der Waals surface area contributed by atoms with Crippen LogP contribution in [0, 0.1) is 18.8 Å². The third-order valence-corrected chi connectivity index (χ3v) is 5.80. The first kappa shape index (κ1) is 20.4. The Hall–Kier alpha value is -1.88. The third kappa shape index (κ3) is 5.56. The molecule has 4 atom stereocenters. The lowest BCUT2D eigenvalue weighted by Gasteiger charge is -2.36. The summed E-state index contributed by atoms with van der Waals surface area (Å²) in [6.07, 6.45) is 3.45. The number of nitrogens with zero attached hydrogens (tertiary/aromatic N) is 1. The molecule has 5 nitrogen and oxygen atoms in total. The van der Waals surface area contributed by atoms with Gasteiger partial charge in [-0.05, 0) is 51.3 Å². The van der Waals surface area contributed by atoms with E-state index in [1.807, 2.05) is 45.2 Å². The molecule has 2 amide bonds. The van der Waals surface area contributed by atoms with Gasteiger partial charge in [-0.1, -0.05) is 44.4 Å². The minimum atomic E-state index is -0.344. The van der Waals surface area contributed by atoms with E-state index < -0.39 is 0 Å². The summed E-state index contributed by atoms with van der Waals surface area (Å²) < 4.78 is 0. The molecule has 4 unspecified atom stereocenters. The molecule has 1 fully saturated rings. The zero-order valence-corrected chi connectivity index (χ0v) is 16.7. The average Bonchev–Trinajstić information content (AvgIpc) is 2.60. The molecule has 2 N–H and O–H groups in total. The lowest BCUT2D eigenvalue weighted by Crippen LogP contribution is -2.51. The van der Waals surface area contributed by atoms with E-state index in [0.717, 1.165) is 17.7 Å². The van der Waals surface area contributed by atoms with Gasteiger partial charge in [0, 0.05) is 11.7 Å². The summed E-state index contributed by atoms with van der Waals surface area (Å²) in [4.78, 5) is 26.6. The molecule has 144 valence electrons. The molecule has 26 heavy (non-hydrogen) atoms. The molecule has 1 aliphatic rings. The topological polar surface area (TPSA) is 61.4 Å². The molecule has 0 radical (unpaired) electrons. The first-order valence-electron chi connectivity index (χ1n) is 9.65. The predicted octanol–water partition coefficient (Wildman–Crippen LogP) is 3.19. The molecule has 1 aromatic carbocycles. The van der Waals surface area contributed by atoms with Crippen LogP contribution in [0.3, 0.4) is 0 Å². The fourth-order valence-corrected chi connectivity index (χ4v) is 3.49. The second kappa shape index (κ2) is 9.17. The van der Waals surface area contributed by atoms with Gasteiger partial charge < -0.3 is 10.6 Å². The number of hydrogen-bond acceptors (Lipinski definition) is 3. The zero-order valence-electron chi connectivity index (χ0n) is 16.7. The van der Waals surface area contributed by atoms with Gasteiger partial charge in [0.2, 0.25) is 11.8 Å². The van der Waals surface area contributed by atoms with E-state index >= 15 is 0 Å². The average molecular weight is 360 g/mol. The second-order valence-corrected chi connectivity index (χ2v) is 7.89. The number of aryl methyl sites for hydroxylation is 1. The van der Waals surface area contributed by atoms with Crippen LogP contribution in [0.15, 0.2) is 24.3 Å². The molecule has 1 saturated carbocycles. The van der Waals surface area contributed by atoms with Gasteiger partial charge in [-0.15, -0.1) is 0 Å². The van der Waals surface area contributed by atoms with Gasteiger partial charge in [0.05, 0.1) is 12.6 Å². The number of anilines is 1. The van der Waals surface area contributed by atoms with Gasteiger partial charge in [-0.25, -0.2) is 0 Å². The Morgan fingerprint density at radius 1 is 1.19 bits per heavy atom. The molecule has 2 rings (SSSR count). The molecule has 0 aromatic heterocycles. The number of benzene rings is 1. The van der Waals surface area contributed by atoms with Gasteiger partial charge >= 0.3 is 0 Å². The molecule has 5 heteroatoms. The smallest absolute Gasteiger partial charge is 0.238 e. The molecule has 0 bridgehead atoms. The highest BCUT2D eigenvalue weighted by Crippen LogP contribution is 2.29. The van der Waals surface area contributed by atoms with Crippen molar-refractivity contribution in [3.8, 4) is 0 Å². The summed E-state index contributed by atoms with van der Waals surface area (Å²) in [6, 6.07) is 7.58. The van der Waals surface area contributed by atoms with Gasteiger partial charge in [-0.3, -0.25) is 14.5 Å². The van der Waals surface area contributed by atoms with E-state index in [4.69, 9.17) is 0 Å². The summed E-state index contributed by atoms with van der Waals surface area (Å²) in [5.41, 5.74) is 1.92. The number of nitrogens with one attached hydrogen (secondary N) is 2. The number of carbonyl (C=O) groups is 2. The molecule has 0 saturated heterocycles. The minimum absolute atomic E-state index is 0.00147. The van der Waals surface area contributed by atoms with Crippen LogP contribution in [0.25, 0.3) is 0 Å². The molecule has 1 aliphatic carbocycles. The van der Waals surface area contributed by atoms with Crippen molar-refractivity contribution < 1.29 is 9.59 Å². The van der Waals surface area contributed by atoms with E-state index in [0.29, 0.717) is 11.8 Å². The molecule has 0 heterocycles. The molecular weight excluding hydrogens is 326 g/mol. The largest absolute Gasteiger partial charge is 0.352 e. The van der Waals surface area contributed by atoms with Crippen LogP contribution in [0.1, 0.15) is 45.6 Å². The maximum absolute atomic E-state index is 12.6. The van der Waals surface area contributed by atoms with E-state index in [1.54, 1.807) is 4.90 Å². The fraction of sp³-hybridized carbons (Fsp3) is 0.619. The summed E-state index contributed by atoms with van der Waals surface area (Å²) in [6.45, 7) is 8.52. The Bertz CT molecular complexity index is 614. The van der Waals surface area contributed by atoms with E-state index in [2.05, 4.69) is 24.5 Å². The van der Waals surface area contributed by atoms with Crippen LogP contribution >= 0.6 is 0 Å². The monoisotopic (exact) mass is 359 g/mol. The summed E-state index contributed by atoms with van der Waals surface area (Å²) in [5.74, 6) is 1.02. The first-order chi connectivity index (χ1) is 12.3. The van der Waals surface area contributed by atoms with E-state index in [9.17, 15) is 9.59 Å². The lowest BCUT2D eigenvalue weighted by atomic mass is 9.78. The number of carbonyl (C=O) groups excluding carboxylic acids is 2. The normalized spacial score (nSPS) is 24.2. The first-order valence-corrected chi connectivity index (χ1v) is 9.65.